The fraction of sp³-hybridized carbons (Fsp3) is 0. The summed E-state index contributed by atoms with van der Waals surface area (Å²) in [5, 5.41) is 2.09. The summed E-state index contributed by atoms with van der Waals surface area (Å²) in [6.07, 6.45) is 0.322. The first-order valence-corrected chi connectivity index (χ1v) is 3.80. The van der Waals surface area contributed by atoms with E-state index in [1.807, 2.05) is 0 Å². The average Bonchev–Trinajstić information content (AvgIpc) is 2.07. The number of hydrogen-bond donors (Lipinski definition) is 1. The Bertz CT molecular complexity index is 317. The van der Waals surface area contributed by atoms with Crippen LogP contribution in [-0.4, -0.2) is 6.41 Å². The Balaban J connectivity index is 3.16. The maximum Gasteiger partial charge on any atom is 0.211 e. The van der Waals surface area contributed by atoms with E-state index in [-0.39, 0.29) is 10.2 Å². The predicted molar refractivity (Wildman–Crippen MR) is 43.7 cm³/mol. The first-order valence-electron chi connectivity index (χ1n) is 3.00. The molecule has 1 aromatic rings. The lowest BCUT2D eigenvalue weighted by molar-refractivity contribution is -0.105. The molecule has 0 heterocycles. The van der Waals surface area contributed by atoms with Gasteiger partial charge in [0.05, 0.1) is 10.2 Å². The molecule has 0 unspecified atom stereocenters. The van der Waals surface area contributed by atoms with Gasteiger partial charge < -0.3 is 5.32 Å². The molecule has 0 saturated heterocycles. The molecule has 1 aromatic carbocycles. The van der Waals surface area contributed by atoms with Crippen LogP contribution in [0.15, 0.2) is 16.6 Å². The maximum atomic E-state index is 12.9. The molecular formula is C7H4BrF2NO. The van der Waals surface area contributed by atoms with Crippen molar-refractivity contribution >= 4 is 28.0 Å². The van der Waals surface area contributed by atoms with Crippen LogP contribution in [0.3, 0.4) is 0 Å². The van der Waals surface area contributed by atoms with Crippen LogP contribution in [0.2, 0.25) is 0 Å². The Labute approximate surface area is 75.7 Å². The second kappa shape index (κ2) is 3.62. The number of carbonyl (C=O) groups is 1. The van der Waals surface area contributed by atoms with Gasteiger partial charge >= 0.3 is 0 Å². The number of benzene rings is 1. The largest absolute Gasteiger partial charge is 0.326 e. The van der Waals surface area contributed by atoms with Crippen LogP contribution >= 0.6 is 15.9 Å². The molecule has 0 saturated carbocycles. The third-order valence-corrected chi connectivity index (χ3v) is 1.98. The van der Waals surface area contributed by atoms with Crippen molar-refractivity contribution in [1.82, 2.24) is 0 Å². The summed E-state index contributed by atoms with van der Waals surface area (Å²) in [4.78, 5) is 9.94. The van der Waals surface area contributed by atoms with E-state index in [1.54, 1.807) is 0 Å². The van der Waals surface area contributed by atoms with Crippen LogP contribution < -0.4 is 5.32 Å². The molecule has 0 aliphatic heterocycles. The van der Waals surface area contributed by atoms with E-state index < -0.39 is 11.6 Å². The van der Waals surface area contributed by atoms with Gasteiger partial charge in [0.15, 0.2) is 5.82 Å². The highest BCUT2D eigenvalue weighted by molar-refractivity contribution is 9.10. The van der Waals surface area contributed by atoms with Gasteiger partial charge in [-0.3, -0.25) is 4.79 Å². The van der Waals surface area contributed by atoms with Crippen LogP contribution in [0.1, 0.15) is 0 Å². The molecule has 1 N–H and O–H groups in total. The third kappa shape index (κ3) is 1.61. The van der Waals surface area contributed by atoms with Gasteiger partial charge in [-0.25, -0.2) is 8.78 Å². The van der Waals surface area contributed by atoms with Gasteiger partial charge in [-0.05, 0) is 28.1 Å². The summed E-state index contributed by atoms with van der Waals surface area (Å²) in [5.74, 6) is -1.52. The molecule has 5 heteroatoms. The number of halogens is 3. The Morgan fingerprint density at radius 2 is 2.08 bits per heavy atom. The smallest absolute Gasteiger partial charge is 0.211 e. The molecular weight excluding hydrogens is 232 g/mol. The number of anilines is 1. The first kappa shape index (κ1) is 9.12. The predicted octanol–water partition coefficient (Wildman–Crippen LogP) is 2.30. The molecule has 0 aliphatic carbocycles. The Hall–Kier alpha value is -0.970. The first-order chi connectivity index (χ1) is 5.66. The standard InChI is InChI=1S/C7H4BrF2NO/c8-6-4(9)1-2-5(7(6)10)11-3-12/h1-3H,(H,11,12). The second-order valence-electron chi connectivity index (χ2n) is 1.99. The molecule has 2 nitrogen and oxygen atoms in total. The third-order valence-electron chi connectivity index (χ3n) is 1.25. The van der Waals surface area contributed by atoms with Crippen molar-refractivity contribution in [3.63, 3.8) is 0 Å². The van der Waals surface area contributed by atoms with E-state index in [0.717, 1.165) is 12.1 Å². The highest BCUT2D eigenvalue weighted by atomic mass is 79.9. The summed E-state index contributed by atoms with van der Waals surface area (Å²) < 4.78 is 25.3. The molecule has 0 aliphatic rings. The van der Waals surface area contributed by atoms with Gasteiger partial charge in [-0.15, -0.1) is 0 Å². The van der Waals surface area contributed by atoms with E-state index in [0.29, 0.717) is 6.41 Å². The van der Waals surface area contributed by atoms with Crippen molar-refractivity contribution in [3.05, 3.63) is 28.2 Å². The van der Waals surface area contributed by atoms with E-state index in [2.05, 4.69) is 21.2 Å². The average molecular weight is 236 g/mol. The van der Waals surface area contributed by atoms with Gasteiger partial charge in [0.25, 0.3) is 0 Å². The molecule has 0 spiro atoms. The lowest BCUT2D eigenvalue weighted by Gasteiger charge is -2.02. The molecule has 0 aromatic heterocycles. The number of rotatable bonds is 2. The maximum absolute atomic E-state index is 12.9. The minimum Gasteiger partial charge on any atom is -0.326 e. The zero-order valence-electron chi connectivity index (χ0n) is 5.77. The monoisotopic (exact) mass is 235 g/mol. The van der Waals surface area contributed by atoms with Crippen LogP contribution in [0.25, 0.3) is 0 Å². The van der Waals surface area contributed by atoms with E-state index >= 15 is 0 Å². The minimum absolute atomic E-state index is 0.0572. The zero-order chi connectivity index (χ0) is 9.14. The van der Waals surface area contributed by atoms with Gasteiger partial charge in [0.2, 0.25) is 6.41 Å². The highest BCUT2D eigenvalue weighted by Gasteiger charge is 2.09. The fourth-order valence-corrected chi connectivity index (χ4v) is 1.05. The van der Waals surface area contributed by atoms with E-state index in [4.69, 9.17) is 0 Å². The molecule has 1 rings (SSSR count). The lowest BCUT2D eigenvalue weighted by atomic mass is 10.3. The number of carbonyl (C=O) groups excluding carboxylic acids is 1. The van der Waals surface area contributed by atoms with Crippen LogP contribution in [0.4, 0.5) is 14.5 Å². The molecule has 64 valence electrons. The van der Waals surface area contributed by atoms with E-state index in [9.17, 15) is 13.6 Å². The molecule has 12 heavy (non-hydrogen) atoms. The van der Waals surface area contributed by atoms with Gasteiger partial charge in [0.1, 0.15) is 5.82 Å². The van der Waals surface area contributed by atoms with Crippen LogP contribution in [0, 0.1) is 11.6 Å². The minimum atomic E-state index is -0.817. The lowest BCUT2D eigenvalue weighted by Crippen LogP contribution is -1.98. The molecule has 0 fully saturated rings. The Morgan fingerprint density at radius 3 is 2.67 bits per heavy atom. The van der Waals surface area contributed by atoms with Crippen molar-refractivity contribution in [2.45, 2.75) is 0 Å². The highest BCUT2D eigenvalue weighted by Crippen LogP contribution is 2.25. The van der Waals surface area contributed by atoms with Crippen molar-refractivity contribution in [2.24, 2.45) is 0 Å². The summed E-state index contributed by atoms with van der Waals surface area (Å²) in [6, 6.07) is 2.20. The van der Waals surface area contributed by atoms with Crippen molar-refractivity contribution in [2.75, 3.05) is 5.32 Å². The molecule has 0 radical (unpaired) electrons. The number of amides is 1. The topological polar surface area (TPSA) is 29.1 Å². The molecule has 0 bridgehead atoms. The Kier molecular flexibility index (Phi) is 2.75. The van der Waals surface area contributed by atoms with Gasteiger partial charge in [-0.1, -0.05) is 0 Å². The fourth-order valence-electron chi connectivity index (χ4n) is 0.701. The second-order valence-corrected chi connectivity index (χ2v) is 2.78. The quantitative estimate of drug-likeness (QED) is 0.619. The zero-order valence-corrected chi connectivity index (χ0v) is 7.36. The number of nitrogens with one attached hydrogen (secondary N) is 1. The van der Waals surface area contributed by atoms with Gasteiger partial charge in [-0.2, -0.15) is 0 Å². The summed E-state index contributed by atoms with van der Waals surface area (Å²) in [6.45, 7) is 0. The summed E-state index contributed by atoms with van der Waals surface area (Å²) >= 11 is 2.69. The molecule has 0 atom stereocenters. The molecule has 1 amide bonds. The summed E-state index contributed by atoms with van der Waals surface area (Å²) in [5.41, 5.74) is -0.0572. The van der Waals surface area contributed by atoms with Gasteiger partial charge in [0, 0.05) is 0 Å². The van der Waals surface area contributed by atoms with Crippen molar-refractivity contribution in [3.8, 4) is 0 Å². The van der Waals surface area contributed by atoms with Crippen LogP contribution in [0.5, 0.6) is 0 Å². The SMILES string of the molecule is O=CNc1ccc(F)c(Br)c1F. The Morgan fingerprint density at radius 1 is 1.42 bits per heavy atom. The summed E-state index contributed by atoms with van der Waals surface area (Å²) in [7, 11) is 0. The van der Waals surface area contributed by atoms with E-state index in [1.165, 1.54) is 0 Å². The van der Waals surface area contributed by atoms with Crippen molar-refractivity contribution in [1.29, 1.82) is 0 Å². The normalized spacial score (nSPS) is 9.58. The van der Waals surface area contributed by atoms with Crippen LogP contribution in [-0.2, 0) is 4.79 Å². The van der Waals surface area contributed by atoms with Crippen molar-refractivity contribution < 1.29 is 13.6 Å². The number of hydrogen-bond acceptors (Lipinski definition) is 1.